The first-order valence-electron chi connectivity index (χ1n) is 8.11. The van der Waals surface area contributed by atoms with Gasteiger partial charge in [0.05, 0.1) is 12.3 Å². The Labute approximate surface area is 138 Å². The molecule has 1 fully saturated rings. The first-order chi connectivity index (χ1) is 11.0. The van der Waals surface area contributed by atoms with Crippen LogP contribution >= 0.6 is 0 Å². The van der Waals surface area contributed by atoms with Gasteiger partial charge < -0.3 is 11.1 Å². The zero-order chi connectivity index (χ0) is 16.7. The third-order valence-electron chi connectivity index (χ3n) is 4.09. The summed E-state index contributed by atoms with van der Waals surface area (Å²) in [5.74, 6) is 0.686. The van der Waals surface area contributed by atoms with Crippen LogP contribution in [0.1, 0.15) is 31.7 Å². The number of nitrogens with zero attached hydrogens (tertiary/aromatic N) is 1. The maximum absolute atomic E-state index is 11.8. The molecule has 0 heterocycles. The average Bonchev–Trinajstić information content (AvgIpc) is 2.46. The van der Waals surface area contributed by atoms with Crippen molar-refractivity contribution in [2.45, 2.75) is 32.6 Å². The minimum atomic E-state index is -3.27. The standard InChI is InChI=1S/C16H26N4O2S/c1-2-13-6-8-15(9-7-13)20-16(17)18-10-11-23(21,22)19-12-14-4-3-5-14/h6-9,14,19H,2-5,10-12H2,1H3,(H3,17,18,20). The van der Waals surface area contributed by atoms with E-state index in [9.17, 15) is 8.42 Å². The molecular formula is C16H26N4O2S. The number of hydrogen-bond acceptors (Lipinski definition) is 3. The van der Waals surface area contributed by atoms with Crippen LogP contribution in [0.2, 0.25) is 0 Å². The van der Waals surface area contributed by atoms with Crippen molar-refractivity contribution in [1.29, 1.82) is 0 Å². The molecule has 0 spiro atoms. The zero-order valence-corrected chi connectivity index (χ0v) is 14.4. The summed E-state index contributed by atoms with van der Waals surface area (Å²) in [6, 6.07) is 7.89. The van der Waals surface area contributed by atoms with Crippen LogP contribution in [0, 0.1) is 5.92 Å². The van der Waals surface area contributed by atoms with E-state index in [0.29, 0.717) is 12.5 Å². The summed E-state index contributed by atoms with van der Waals surface area (Å²) in [6.07, 6.45) is 4.43. The van der Waals surface area contributed by atoms with E-state index < -0.39 is 10.0 Å². The van der Waals surface area contributed by atoms with Gasteiger partial charge in [-0.25, -0.2) is 13.1 Å². The van der Waals surface area contributed by atoms with Gasteiger partial charge in [-0.2, -0.15) is 0 Å². The molecule has 4 N–H and O–H groups in total. The van der Waals surface area contributed by atoms with Gasteiger partial charge in [0.1, 0.15) is 0 Å². The Morgan fingerprint density at radius 1 is 1.30 bits per heavy atom. The maximum atomic E-state index is 11.8. The maximum Gasteiger partial charge on any atom is 0.213 e. The lowest BCUT2D eigenvalue weighted by Crippen LogP contribution is -2.34. The third kappa shape index (κ3) is 6.19. The topological polar surface area (TPSA) is 96.6 Å². The van der Waals surface area contributed by atoms with Crippen molar-refractivity contribution < 1.29 is 8.42 Å². The number of nitrogens with two attached hydrogens (primary N) is 1. The molecule has 1 aromatic carbocycles. The first-order valence-corrected chi connectivity index (χ1v) is 9.77. The fraction of sp³-hybridized carbons (Fsp3) is 0.562. The fourth-order valence-electron chi connectivity index (χ4n) is 2.31. The minimum absolute atomic E-state index is 0.0448. The van der Waals surface area contributed by atoms with Gasteiger partial charge >= 0.3 is 0 Å². The van der Waals surface area contributed by atoms with Gasteiger partial charge in [-0.05, 0) is 42.9 Å². The lowest BCUT2D eigenvalue weighted by molar-refractivity contribution is 0.316. The molecule has 0 aromatic heterocycles. The highest BCUT2D eigenvalue weighted by Gasteiger charge is 2.19. The van der Waals surface area contributed by atoms with Crippen LogP contribution in [0.3, 0.4) is 0 Å². The van der Waals surface area contributed by atoms with Crippen molar-refractivity contribution >= 4 is 21.7 Å². The molecule has 0 atom stereocenters. The Hall–Kier alpha value is -1.60. The highest BCUT2D eigenvalue weighted by atomic mass is 32.2. The molecule has 0 unspecified atom stereocenters. The normalized spacial score (nSPS) is 16.1. The Balaban J connectivity index is 1.74. The highest BCUT2D eigenvalue weighted by Crippen LogP contribution is 2.25. The number of sulfonamides is 1. The van der Waals surface area contributed by atoms with Crippen LogP contribution in [0.5, 0.6) is 0 Å². The van der Waals surface area contributed by atoms with E-state index in [4.69, 9.17) is 5.73 Å². The Morgan fingerprint density at radius 3 is 2.57 bits per heavy atom. The summed E-state index contributed by atoms with van der Waals surface area (Å²) in [6.45, 7) is 2.78. The molecular weight excluding hydrogens is 312 g/mol. The lowest BCUT2D eigenvalue weighted by Gasteiger charge is -2.25. The largest absolute Gasteiger partial charge is 0.370 e. The molecule has 0 amide bonds. The molecule has 0 radical (unpaired) electrons. The van der Waals surface area contributed by atoms with Gasteiger partial charge in [0.25, 0.3) is 0 Å². The second kappa shape index (κ2) is 8.31. The predicted molar refractivity (Wildman–Crippen MR) is 95.1 cm³/mol. The zero-order valence-electron chi connectivity index (χ0n) is 13.6. The highest BCUT2D eigenvalue weighted by molar-refractivity contribution is 7.89. The van der Waals surface area contributed by atoms with Crippen LogP contribution in [-0.4, -0.2) is 33.2 Å². The van der Waals surface area contributed by atoms with Crippen molar-refractivity contribution in [2.75, 3.05) is 24.2 Å². The van der Waals surface area contributed by atoms with Crippen molar-refractivity contribution in [3.05, 3.63) is 29.8 Å². The molecule has 6 nitrogen and oxygen atoms in total. The van der Waals surface area contributed by atoms with Crippen LogP contribution < -0.4 is 15.8 Å². The molecule has 7 heteroatoms. The van der Waals surface area contributed by atoms with Crippen molar-refractivity contribution in [3.8, 4) is 0 Å². The second-order valence-corrected chi connectivity index (χ2v) is 7.83. The summed E-state index contributed by atoms with van der Waals surface area (Å²) >= 11 is 0. The fourth-order valence-corrected chi connectivity index (χ4v) is 3.28. The number of nitrogens with one attached hydrogen (secondary N) is 2. The van der Waals surface area contributed by atoms with Crippen molar-refractivity contribution in [1.82, 2.24) is 4.72 Å². The molecule has 1 aromatic rings. The quantitative estimate of drug-likeness (QED) is 0.496. The van der Waals surface area contributed by atoms with Gasteiger partial charge in [0, 0.05) is 12.2 Å². The van der Waals surface area contributed by atoms with Crippen LogP contribution in [0.4, 0.5) is 5.69 Å². The number of hydrogen-bond donors (Lipinski definition) is 3. The summed E-state index contributed by atoms with van der Waals surface area (Å²) in [7, 11) is -3.27. The van der Waals surface area contributed by atoms with Gasteiger partial charge in [-0.1, -0.05) is 25.5 Å². The van der Waals surface area contributed by atoms with Gasteiger partial charge in [0.15, 0.2) is 5.96 Å². The van der Waals surface area contributed by atoms with Gasteiger partial charge in [0.2, 0.25) is 10.0 Å². The molecule has 1 aliphatic rings. The molecule has 1 saturated carbocycles. The van der Waals surface area contributed by atoms with E-state index in [1.165, 1.54) is 12.0 Å². The average molecular weight is 338 g/mol. The number of guanidine groups is 1. The SMILES string of the molecule is CCc1ccc(NC(N)=NCCS(=O)(=O)NCC2CCC2)cc1. The van der Waals surface area contributed by atoms with E-state index >= 15 is 0 Å². The van der Waals surface area contributed by atoms with Crippen LogP contribution in [0.25, 0.3) is 0 Å². The summed E-state index contributed by atoms with van der Waals surface area (Å²) in [5.41, 5.74) is 7.87. The van der Waals surface area contributed by atoms with Gasteiger partial charge in [-0.15, -0.1) is 0 Å². The monoisotopic (exact) mass is 338 g/mol. The second-order valence-electron chi connectivity index (χ2n) is 5.91. The third-order valence-corrected chi connectivity index (χ3v) is 5.42. The predicted octanol–water partition coefficient (Wildman–Crippen LogP) is 1.70. The minimum Gasteiger partial charge on any atom is -0.370 e. The molecule has 0 bridgehead atoms. The molecule has 23 heavy (non-hydrogen) atoms. The van der Waals surface area contributed by atoms with Crippen LogP contribution in [-0.2, 0) is 16.4 Å². The van der Waals surface area contributed by atoms with E-state index in [1.807, 2.05) is 24.3 Å². The molecule has 2 rings (SSSR count). The number of aryl methyl sites for hydroxylation is 1. The Bertz CT molecular complexity index is 622. The van der Waals surface area contributed by atoms with Crippen LogP contribution in [0.15, 0.2) is 29.3 Å². The van der Waals surface area contributed by atoms with E-state index in [1.54, 1.807) is 0 Å². The summed E-state index contributed by atoms with van der Waals surface area (Å²) < 4.78 is 26.3. The van der Waals surface area contributed by atoms with E-state index in [2.05, 4.69) is 22.0 Å². The number of benzene rings is 1. The summed E-state index contributed by atoms with van der Waals surface area (Å²) in [4.78, 5) is 4.07. The Kier molecular flexibility index (Phi) is 6.41. The summed E-state index contributed by atoms with van der Waals surface area (Å²) in [5, 5.41) is 2.96. The van der Waals surface area contributed by atoms with Gasteiger partial charge in [-0.3, -0.25) is 4.99 Å². The number of aliphatic imine (C=N–C) groups is 1. The van der Waals surface area contributed by atoms with Crippen molar-refractivity contribution in [3.63, 3.8) is 0 Å². The lowest BCUT2D eigenvalue weighted by atomic mass is 9.86. The first kappa shape index (κ1) is 17.7. The molecule has 1 aliphatic carbocycles. The van der Waals surface area contributed by atoms with E-state index in [0.717, 1.165) is 24.9 Å². The molecule has 0 saturated heterocycles. The van der Waals surface area contributed by atoms with E-state index in [-0.39, 0.29) is 18.3 Å². The Morgan fingerprint density at radius 2 is 2.00 bits per heavy atom. The van der Waals surface area contributed by atoms with Crippen molar-refractivity contribution in [2.24, 2.45) is 16.6 Å². The smallest absolute Gasteiger partial charge is 0.213 e. The molecule has 0 aliphatic heterocycles. The number of anilines is 1. The number of rotatable bonds is 8. The molecule has 128 valence electrons.